The molecule has 7 heteroatoms. The van der Waals surface area contributed by atoms with Crippen LogP contribution in [0.15, 0.2) is 30.3 Å². The molecule has 2 aromatic carbocycles. The Balaban J connectivity index is 2.01. The third-order valence-electron chi connectivity index (χ3n) is 2.65. The number of nitrogens with one attached hydrogen (secondary N) is 1. The molecule has 3 nitrogen and oxygen atoms in total. The average Bonchev–Trinajstić information content (AvgIpc) is 2.76. The van der Waals surface area contributed by atoms with Crippen LogP contribution >= 0.6 is 11.3 Å². The van der Waals surface area contributed by atoms with Gasteiger partial charge in [0.2, 0.25) is 0 Å². The molecular weight excluding hydrogens is 287 g/mol. The molecule has 0 aliphatic carbocycles. The Hall–Kier alpha value is -2.28. The van der Waals surface area contributed by atoms with Crippen LogP contribution in [0.5, 0.6) is 0 Å². The fraction of sp³-hybridized carbons (Fsp3) is 0. The Morgan fingerprint density at radius 2 is 1.90 bits per heavy atom. The smallest absolute Gasteiger partial charge is 0.188 e. The van der Waals surface area contributed by atoms with Gasteiger partial charge in [-0.2, -0.15) is 0 Å². The van der Waals surface area contributed by atoms with Gasteiger partial charge in [0.25, 0.3) is 0 Å². The fourth-order valence-corrected chi connectivity index (χ4v) is 2.68. The van der Waals surface area contributed by atoms with E-state index >= 15 is 0 Å². The highest BCUT2D eigenvalue weighted by atomic mass is 32.1. The monoisotopic (exact) mass is 295 g/mol. The number of fused-ring (bicyclic) bond motifs is 1. The van der Waals surface area contributed by atoms with Gasteiger partial charge in [-0.05, 0) is 18.2 Å². The standard InChI is InChI=1S/C13H8F3N3S/c14-6-3-8(15)12(16)10(4-6)19-13-18-9-2-1-7(17)5-11(9)20-13/h1-5H,17H2,(H,18,19). The van der Waals surface area contributed by atoms with Crippen molar-refractivity contribution in [3.63, 3.8) is 0 Å². The molecular formula is C13H8F3N3S. The van der Waals surface area contributed by atoms with E-state index in [0.717, 1.165) is 10.8 Å². The number of hydrogen-bond acceptors (Lipinski definition) is 4. The second-order valence-electron chi connectivity index (χ2n) is 4.12. The molecule has 0 bridgehead atoms. The summed E-state index contributed by atoms with van der Waals surface area (Å²) in [6, 6.07) is 6.49. The zero-order valence-electron chi connectivity index (χ0n) is 9.95. The summed E-state index contributed by atoms with van der Waals surface area (Å²) in [7, 11) is 0. The van der Waals surface area contributed by atoms with Crippen LogP contribution < -0.4 is 11.1 Å². The van der Waals surface area contributed by atoms with Crippen molar-refractivity contribution in [2.24, 2.45) is 0 Å². The van der Waals surface area contributed by atoms with E-state index in [2.05, 4.69) is 10.3 Å². The fourth-order valence-electron chi connectivity index (χ4n) is 1.76. The lowest BCUT2D eigenvalue weighted by Gasteiger charge is -2.04. The number of halogens is 3. The topological polar surface area (TPSA) is 50.9 Å². The van der Waals surface area contributed by atoms with Crippen LogP contribution in [0.4, 0.5) is 29.7 Å². The first-order chi connectivity index (χ1) is 9.52. The molecule has 20 heavy (non-hydrogen) atoms. The van der Waals surface area contributed by atoms with Gasteiger partial charge in [-0.3, -0.25) is 0 Å². The Labute approximate surface area is 115 Å². The lowest BCUT2D eigenvalue weighted by Crippen LogP contribution is -1.97. The Bertz CT molecular complexity index is 801. The minimum absolute atomic E-state index is 0.297. The average molecular weight is 295 g/mol. The van der Waals surface area contributed by atoms with Gasteiger partial charge in [0.05, 0.1) is 15.9 Å². The van der Waals surface area contributed by atoms with Crippen molar-refractivity contribution in [3.05, 3.63) is 47.8 Å². The molecule has 0 unspecified atom stereocenters. The number of aromatic nitrogens is 1. The summed E-state index contributed by atoms with van der Waals surface area (Å²) < 4.78 is 40.5. The molecule has 0 saturated heterocycles. The van der Waals surface area contributed by atoms with Crippen LogP contribution in [-0.2, 0) is 0 Å². The Kier molecular flexibility index (Phi) is 2.98. The molecule has 3 N–H and O–H groups in total. The lowest BCUT2D eigenvalue weighted by molar-refractivity contribution is 0.498. The van der Waals surface area contributed by atoms with Gasteiger partial charge < -0.3 is 11.1 Å². The predicted molar refractivity (Wildman–Crippen MR) is 73.6 cm³/mol. The second kappa shape index (κ2) is 4.68. The first kappa shape index (κ1) is 12.7. The third-order valence-corrected chi connectivity index (χ3v) is 3.58. The molecule has 0 atom stereocenters. The normalized spacial score (nSPS) is 10.9. The van der Waals surface area contributed by atoms with E-state index < -0.39 is 17.5 Å². The number of benzene rings is 2. The van der Waals surface area contributed by atoms with Crippen LogP contribution in [0.1, 0.15) is 0 Å². The zero-order valence-corrected chi connectivity index (χ0v) is 10.8. The van der Waals surface area contributed by atoms with Crippen molar-refractivity contribution in [2.75, 3.05) is 11.1 Å². The molecule has 0 fully saturated rings. The molecule has 0 spiro atoms. The minimum atomic E-state index is -1.25. The largest absolute Gasteiger partial charge is 0.399 e. The number of hydrogen-bond donors (Lipinski definition) is 2. The van der Waals surface area contributed by atoms with Gasteiger partial charge in [0.15, 0.2) is 16.8 Å². The second-order valence-corrected chi connectivity index (χ2v) is 5.15. The SMILES string of the molecule is Nc1ccc2nc(Nc3cc(F)cc(F)c3F)sc2c1. The number of nitrogen functional groups attached to an aromatic ring is 1. The Morgan fingerprint density at radius 1 is 1.10 bits per heavy atom. The van der Waals surface area contributed by atoms with Crippen LogP contribution in [0.3, 0.4) is 0 Å². The Morgan fingerprint density at radius 3 is 2.70 bits per heavy atom. The third kappa shape index (κ3) is 2.27. The quantitative estimate of drug-likeness (QED) is 0.554. The number of anilines is 3. The molecule has 0 radical (unpaired) electrons. The molecule has 0 saturated carbocycles. The van der Waals surface area contributed by atoms with Gasteiger partial charge in [0, 0.05) is 17.8 Å². The predicted octanol–water partition coefficient (Wildman–Crippen LogP) is 4.04. The summed E-state index contributed by atoms with van der Waals surface area (Å²) in [6.45, 7) is 0. The molecule has 0 aliphatic heterocycles. The zero-order chi connectivity index (χ0) is 14.3. The highest BCUT2D eigenvalue weighted by Crippen LogP contribution is 2.31. The summed E-state index contributed by atoms with van der Waals surface area (Å²) in [6.07, 6.45) is 0. The van der Waals surface area contributed by atoms with Crippen molar-refractivity contribution in [1.82, 2.24) is 4.98 Å². The van der Waals surface area contributed by atoms with Crippen molar-refractivity contribution >= 4 is 38.1 Å². The molecule has 0 aliphatic rings. The van der Waals surface area contributed by atoms with E-state index in [1.807, 2.05) is 0 Å². The maximum Gasteiger partial charge on any atom is 0.188 e. The minimum Gasteiger partial charge on any atom is -0.399 e. The van der Waals surface area contributed by atoms with Gasteiger partial charge in [0.1, 0.15) is 5.82 Å². The summed E-state index contributed by atoms with van der Waals surface area (Å²) in [5.41, 5.74) is 6.60. The van der Waals surface area contributed by atoms with Crippen LogP contribution in [-0.4, -0.2) is 4.98 Å². The number of nitrogens with zero attached hydrogens (tertiary/aromatic N) is 1. The molecule has 102 valence electrons. The van der Waals surface area contributed by atoms with Crippen molar-refractivity contribution in [3.8, 4) is 0 Å². The van der Waals surface area contributed by atoms with Gasteiger partial charge in [-0.1, -0.05) is 11.3 Å². The molecule has 3 aromatic rings. The first-order valence-corrected chi connectivity index (χ1v) is 6.42. The van der Waals surface area contributed by atoms with Gasteiger partial charge in [-0.25, -0.2) is 18.2 Å². The van der Waals surface area contributed by atoms with E-state index in [0.29, 0.717) is 22.4 Å². The van der Waals surface area contributed by atoms with E-state index in [1.165, 1.54) is 11.3 Å². The summed E-state index contributed by atoms with van der Waals surface area (Å²) in [5.74, 6) is -3.26. The number of nitrogens with two attached hydrogens (primary N) is 1. The number of thiazole rings is 1. The van der Waals surface area contributed by atoms with Crippen molar-refractivity contribution in [2.45, 2.75) is 0 Å². The van der Waals surface area contributed by atoms with Crippen molar-refractivity contribution < 1.29 is 13.2 Å². The highest BCUT2D eigenvalue weighted by molar-refractivity contribution is 7.22. The molecule has 1 aromatic heterocycles. The van der Waals surface area contributed by atoms with Crippen LogP contribution in [0.2, 0.25) is 0 Å². The first-order valence-electron chi connectivity index (χ1n) is 5.60. The van der Waals surface area contributed by atoms with Crippen molar-refractivity contribution in [1.29, 1.82) is 0 Å². The maximum atomic E-state index is 13.5. The maximum absolute atomic E-state index is 13.5. The van der Waals surface area contributed by atoms with E-state index in [9.17, 15) is 13.2 Å². The summed E-state index contributed by atoms with van der Waals surface area (Å²) in [4.78, 5) is 4.19. The van der Waals surface area contributed by atoms with E-state index in [-0.39, 0.29) is 5.69 Å². The molecule has 1 heterocycles. The molecule has 0 amide bonds. The van der Waals surface area contributed by atoms with E-state index in [4.69, 9.17) is 5.73 Å². The van der Waals surface area contributed by atoms with Gasteiger partial charge in [-0.15, -0.1) is 0 Å². The summed E-state index contributed by atoms with van der Waals surface area (Å²) >= 11 is 1.21. The van der Waals surface area contributed by atoms with Crippen LogP contribution in [0, 0.1) is 17.5 Å². The van der Waals surface area contributed by atoms with Gasteiger partial charge >= 0.3 is 0 Å². The highest BCUT2D eigenvalue weighted by Gasteiger charge is 2.13. The van der Waals surface area contributed by atoms with E-state index in [1.54, 1.807) is 18.2 Å². The summed E-state index contributed by atoms with van der Waals surface area (Å²) in [5, 5.41) is 2.90. The lowest BCUT2D eigenvalue weighted by atomic mass is 10.3. The molecule has 3 rings (SSSR count). The number of rotatable bonds is 2. The van der Waals surface area contributed by atoms with Crippen LogP contribution in [0.25, 0.3) is 10.2 Å².